The normalized spacial score (nSPS) is 11.9. The maximum absolute atomic E-state index is 12.2. The topological polar surface area (TPSA) is 55.1 Å². The number of fused-ring (bicyclic) bond motifs is 1. The van der Waals surface area contributed by atoms with Gasteiger partial charge in [0.15, 0.2) is 0 Å². The van der Waals surface area contributed by atoms with Gasteiger partial charge in [0.25, 0.3) is 0 Å². The SMILES string of the molecule is O=C(O)c1ccc2ncn(CC(F)(F)F)c2c1. The summed E-state index contributed by atoms with van der Waals surface area (Å²) < 4.78 is 37.6. The molecule has 0 aliphatic carbocycles. The van der Waals surface area contributed by atoms with Gasteiger partial charge >= 0.3 is 12.1 Å². The third-order valence-corrected chi connectivity index (χ3v) is 2.22. The zero-order valence-electron chi connectivity index (χ0n) is 8.40. The van der Waals surface area contributed by atoms with Crippen LogP contribution in [-0.2, 0) is 6.54 Å². The number of benzene rings is 1. The highest BCUT2D eigenvalue weighted by Crippen LogP contribution is 2.22. The van der Waals surface area contributed by atoms with Crippen LogP contribution in [0.5, 0.6) is 0 Å². The van der Waals surface area contributed by atoms with Gasteiger partial charge in [-0.15, -0.1) is 0 Å². The molecular weight excluding hydrogens is 237 g/mol. The standard InChI is InChI=1S/C10H7F3N2O2/c11-10(12,13)4-15-5-14-7-2-1-6(9(16)17)3-8(7)15/h1-3,5H,4H2,(H,16,17). The minimum absolute atomic E-state index is 0.0681. The van der Waals surface area contributed by atoms with Crippen molar-refractivity contribution in [2.75, 3.05) is 0 Å². The van der Waals surface area contributed by atoms with E-state index in [0.717, 1.165) is 10.9 Å². The molecule has 7 heteroatoms. The molecule has 0 aliphatic heterocycles. The lowest BCUT2D eigenvalue weighted by molar-refractivity contribution is -0.139. The number of carboxylic acids is 1. The zero-order chi connectivity index (χ0) is 12.6. The molecule has 0 radical (unpaired) electrons. The van der Waals surface area contributed by atoms with Gasteiger partial charge in [0, 0.05) is 0 Å². The molecule has 1 aromatic heterocycles. The first-order valence-corrected chi connectivity index (χ1v) is 4.62. The third-order valence-electron chi connectivity index (χ3n) is 2.22. The van der Waals surface area contributed by atoms with Gasteiger partial charge in [-0.05, 0) is 18.2 Å². The van der Waals surface area contributed by atoms with Crippen LogP contribution in [0.15, 0.2) is 24.5 Å². The quantitative estimate of drug-likeness (QED) is 0.881. The summed E-state index contributed by atoms with van der Waals surface area (Å²) in [7, 11) is 0. The molecule has 0 atom stereocenters. The van der Waals surface area contributed by atoms with E-state index in [4.69, 9.17) is 5.11 Å². The summed E-state index contributed by atoms with van der Waals surface area (Å²) in [5.41, 5.74) is 0.419. The van der Waals surface area contributed by atoms with E-state index < -0.39 is 18.7 Å². The van der Waals surface area contributed by atoms with Gasteiger partial charge in [0.2, 0.25) is 0 Å². The van der Waals surface area contributed by atoms with Crippen molar-refractivity contribution in [3.05, 3.63) is 30.1 Å². The Labute approximate surface area is 93.3 Å². The van der Waals surface area contributed by atoms with Crippen LogP contribution in [0.1, 0.15) is 10.4 Å². The molecule has 90 valence electrons. The van der Waals surface area contributed by atoms with Crippen molar-refractivity contribution >= 4 is 17.0 Å². The molecule has 1 N–H and O–H groups in total. The van der Waals surface area contributed by atoms with Crippen molar-refractivity contribution in [2.45, 2.75) is 12.7 Å². The van der Waals surface area contributed by atoms with E-state index in [1.54, 1.807) is 0 Å². The smallest absolute Gasteiger partial charge is 0.406 e. The summed E-state index contributed by atoms with van der Waals surface area (Å²) >= 11 is 0. The van der Waals surface area contributed by atoms with E-state index >= 15 is 0 Å². The second-order valence-corrected chi connectivity index (χ2v) is 3.50. The lowest BCUT2D eigenvalue weighted by atomic mass is 10.2. The number of rotatable bonds is 2. The average Bonchev–Trinajstić information content (AvgIpc) is 2.58. The van der Waals surface area contributed by atoms with E-state index in [9.17, 15) is 18.0 Å². The lowest BCUT2D eigenvalue weighted by Gasteiger charge is -2.08. The van der Waals surface area contributed by atoms with Crippen LogP contribution in [0, 0.1) is 0 Å². The lowest BCUT2D eigenvalue weighted by Crippen LogP contribution is -2.16. The highest BCUT2D eigenvalue weighted by atomic mass is 19.4. The van der Waals surface area contributed by atoms with Crippen molar-refractivity contribution in [3.63, 3.8) is 0 Å². The molecule has 0 saturated heterocycles. The first-order chi connectivity index (χ1) is 7.87. The van der Waals surface area contributed by atoms with Crippen molar-refractivity contribution in [2.24, 2.45) is 0 Å². The summed E-state index contributed by atoms with van der Waals surface area (Å²) in [5, 5.41) is 8.75. The van der Waals surface area contributed by atoms with Gasteiger partial charge in [-0.2, -0.15) is 13.2 Å². The predicted molar refractivity (Wildman–Crippen MR) is 52.7 cm³/mol. The Morgan fingerprint density at radius 3 is 2.71 bits per heavy atom. The molecule has 1 aromatic carbocycles. The molecular formula is C10H7F3N2O2. The minimum atomic E-state index is -4.37. The van der Waals surface area contributed by atoms with Crippen LogP contribution in [0.2, 0.25) is 0 Å². The molecule has 0 aliphatic rings. The number of hydrogen-bond donors (Lipinski definition) is 1. The Balaban J connectivity index is 2.50. The number of halogens is 3. The van der Waals surface area contributed by atoms with E-state index in [1.807, 2.05) is 0 Å². The highest BCUT2D eigenvalue weighted by molar-refractivity contribution is 5.92. The second kappa shape index (κ2) is 3.76. The fraction of sp³-hybridized carbons (Fsp3) is 0.200. The second-order valence-electron chi connectivity index (χ2n) is 3.50. The van der Waals surface area contributed by atoms with Crippen LogP contribution < -0.4 is 0 Å². The molecule has 0 saturated carbocycles. The number of alkyl halides is 3. The summed E-state index contributed by atoms with van der Waals surface area (Å²) in [5.74, 6) is -1.19. The Kier molecular flexibility index (Phi) is 2.53. The Hall–Kier alpha value is -2.05. The number of aromatic carboxylic acids is 1. The first kappa shape index (κ1) is 11.4. The first-order valence-electron chi connectivity index (χ1n) is 4.62. The molecule has 1 heterocycles. The Morgan fingerprint density at radius 1 is 1.41 bits per heavy atom. The molecule has 0 amide bonds. The Morgan fingerprint density at radius 2 is 2.12 bits per heavy atom. The number of aromatic nitrogens is 2. The van der Waals surface area contributed by atoms with Crippen LogP contribution in [-0.4, -0.2) is 26.8 Å². The minimum Gasteiger partial charge on any atom is -0.478 e. The van der Waals surface area contributed by atoms with Crippen LogP contribution >= 0.6 is 0 Å². The van der Waals surface area contributed by atoms with Crippen molar-refractivity contribution in [1.29, 1.82) is 0 Å². The molecule has 0 spiro atoms. The van der Waals surface area contributed by atoms with Gasteiger partial charge in [-0.3, -0.25) is 0 Å². The van der Waals surface area contributed by atoms with Gasteiger partial charge < -0.3 is 9.67 Å². The fourth-order valence-electron chi connectivity index (χ4n) is 1.51. The summed E-state index contributed by atoms with van der Waals surface area (Å²) in [4.78, 5) is 14.5. The van der Waals surface area contributed by atoms with Crippen LogP contribution in [0.25, 0.3) is 11.0 Å². The maximum Gasteiger partial charge on any atom is 0.406 e. The van der Waals surface area contributed by atoms with Crippen LogP contribution in [0.4, 0.5) is 13.2 Å². The van der Waals surface area contributed by atoms with E-state index in [0.29, 0.717) is 5.52 Å². The van der Waals surface area contributed by atoms with Crippen molar-refractivity contribution in [1.82, 2.24) is 9.55 Å². The van der Waals surface area contributed by atoms with E-state index in [2.05, 4.69) is 4.98 Å². The summed E-state index contributed by atoms with van der Waals surface area (Å²) in [6.45, 7) is -1.19. The number of imidazole rings is 1. The maximum atomic E-state index is 12.2. The molecule has 2 aromatic rings. The van der Waals surface area contributed by atoms with Gasteiger partial charge in [-0.1, -0.05) is 0 Å². The van der Waals surface area contributed by atoms with Crippen molar-refractivity contribution in [3.8, 4) is 0 Å². The monoisotopic (exact) mass is 244 g/mol. The third kappa shape index (κ3) is 2.38. The molecule has 0 unspecified atom stereocenters. The molecule has 0 bridgehead atoms. The highest BCUT2D eigenvalue weighted by Gasteiger charge is 2.28. The van der Waals surface area contributed by atoms with Crippen molar-refractivity contribution < 1.29 is 23.1 Å². The average molecular weight is 244 g/mol. The fourth-order valence-corrected chi connectivity index (χ4v) is 1.51. The number of nitrogens with zero attached hydrogens (tertiary/aromatic N) is 2. The summed E-state index contributed by atoms with van der Waals surface area (Å²) in [6.07, 6.45) is -3.32. The number of carbonyl (C=O) groups is 1. The zero-order valence-corrected chi connectivity index (χ0v) is 8.40. The molecule has 0 fully saturated rings. The summed E-state index contributed by atoms with van der Waals surface area (Å²) in [6, 6.07) is 3.86. The molecule has 17 heavy (non-hydrogen) atoms. The number of hydrogen-bond acceptors (Lipinski definition) is 2. The molecule has 2 rings (SSSR count). The van der Waals surface area contributed by atoms with E-state index in [-0.39, 0.29) is 11.1 Å². The molecule has 4 nitrogen and oxygen atoms in total. The van der Waals surface area contributed by atoms with Gasteiger partial charge in [-0.25, -0.2) is 9.78 Å². The Bertz CT molecular complexity index is 574. The predicted octanol–water partition coefficient (Wildman–Crippen LogP) is 2.30. The van der Waals surface area contributed by atoms with Gasteiger partial charge in [0.05, 0.1) is 22.9 Å². The number of carboxylic acid groups (broad SMARTS) is 1. The largest absolute Gasteiger partial charge is 0.478 e. The van der Waals surface area contributed by atoms with Crippen LogP contribution in [0.3, 0.4) is 0 Å². The van der Waals surface area contributed by atoms with Gasteiger partial charge in [0.1, 0.15) is 6.54 Å². The van der Waals surface area contributed by atoms with E-state index in [1.165, 1.54) is 18.2 Å².